The monoisotopic (exact) mass is 381 g/mol. The van der Waals surface area contributed by atoms with E-state index in [1.807, 2.05) is 0 Å². The van der Waals surface area contributed by atoms with E-state index < -0.39 is 10.0 Å². The molecule has 25 heavy (non-hydrogen) atoms. The van der Waals surface area contributed by atoms with Crippen molar-refractivity contribution in [1.29, 1.82) is 0 Å². The Morgan fingerprint density at radius 2 is 1.80 bits per heavy atom. The first-order chi connectivity index (χ1) is 11.5. The van der Waals surface area contributed by atoms with E-state index in [0.717, 1.165) is 10.6 Å². The van der Waals surface area contributed by atoms with E-state index >= 15 is 0 Å². The first kappa shape index (κ1) is 19.6. The standard InChI is InChI=1S/C17H23N3O3S2/c1-17(2,3)16-19-11-14(24-16)15(21)18-10-12-6-8-13(9-7-12)25(22,23)20(4)5/h6-9,11H,10H2,1-5H3,(H,18,21). The molecule has 0 aliphatic rings. The maximum atomic E-state index is 12.2. The fourth-order valence-electron chi connectivity index (χ4n) is 1.99. The van der Waals surface area contributed by atoms with Crippen molar-refractivity contribution in [3.63, 3.8) is 0 Å². The number of hydrogen-bond donors (Lipinski definition) is 1. The summed E-state index contributed by atoms with van der Waals surface area (Å²) in [6.07, 6.45) is 1.59. The number of benzene rings is 1. The van der Waals surface area contributed by atoms with Crippen LogP contribution in [0.25, 0.3) is 0 Å². The summed E-state index contributed by atoms with van der Waals surface area (Å²) >= 11 is 1.38. The van der Waals surface area contributed by atoms with E-state index in [1.165, 1.54) is 29.7 Å². The molecule has 6 nitrogen and oxygen atoms in total. The molecule has 8 heteroatoms. The van der Waals surface area contributed by atoms with E-state index in [1.54, 1.807) is 30.5 Å². The van der Waals surface area contributed by atoms with Crippen molar-refractivity contribution in [3.8, 4) is 0 Å². The van der Waals surface area contributed by atoms with Crippen LogP contribution in [0.3, 0.4) is 0 Å². The number of amides is 1. The van der Waals surface area contributed by atoms with Gasteiger partial charge in [-0.05, 0) is 17.7 Å². The van der Waals surface area contributed by atoms with E-state index in [0.29, 0.717) is 11.4 Å². The Balaban J connectivity index is 2.02. The predicted molar refractivity (Wildman–Crippen MR) is 99.3 cm³/mol. The van der Waals surface area contributed by atoms with Crippen molar-refractivity contribution in [2.45, 2.75) is 37.6 Å². The minimum atomic E-state index is -3.44. The summed E-state index contributed by atoms with van der Waals surface area (Å²) in [5.74, 6) is -0.182. The zero-order valence-corrected chi connectivity index (χ0v) is 16.7. The molecule has 0 saturated heterocycles. The van der Waals surface area contributed by atoms with Crippen LogP contribution in [0.1, 0.15) is 41.0 Å². The number of aromatic nitrogens is 1. The third-order valence-electron chi connectivity index (χ3n) is 3.53. The number of nitrogens with zero attached hydrogens (tertiary/aromatic N) is 2. The number of carbonyl (C=O) groups excluding carboxylic acids is 1. The van der Waals surface area contributed by atoms with Gasteiger partial charge in [-0.2, -0.15) is 0 Å². The van der Waals surface area contributed by atoms with Crippen LogP contribution in [0.2, 0.25) is 0 Å². The van der Waals surface area contributed by atoms with Crippen molar-refractivity contribution in [1.82, 2.24) is 14.6 Å². The summed E-state index contributed by atoms with van der Waals surface area (Å²) in [5, 5.41) is 3.75. The number of nitrogens with one attached hydrogen (secondary N) is 1. The SMILES string of the molecule is CN(C)S(=O)(=O)c1ccc(CNC(=O)c2cnc(C(C)(C)C)s2)cc1. The lowest BCUT2D eigenvalue weighted by molar-refractivity contribution is 0.0954. The Labute approximate surface area is 153 Å². The minimum Gasteiger partial charge on any atom is -0.347 e. The van der Waals surface area contributed by atoms with Gasteiger partial charge < -0.3 is 5.32 Å². The van der Waals surface area contributed by atoms with Crippen molar-refractivity contribution < 1.29 is 13.2 Å². The number of sulfonamides is 1. The molecule has 0 fully saturated rings. The smallest absolute Gasteiger partial charge is 0.263 e. The van der Waals surface area contributed by atoms with Gasteiger partial charge in [-0.15, -0.1) is 11.3 Å². The summed E-state index contributed by atoms with van der Waals surface area (Å²) in [7, 11) is -0.459. The highest BCUT2D eigenvalue weighted by Crippen LogP contribution is 2.26. The average molecular weight is 382 g/mol. The van der Waals surface area contributed by atoms with E-state index in [-0.39, 0.29) is 16.2 Å². The summed E-state index contributed by atoms with van der Waals surface area (Å²) in [4.78, 5) is 17.3. The van der Waals surface area contributed by atoms with Gasteiger partial charge in [-0.1, -0.05) is 32.9 Å². The maximum absolute atomic E-state index is 12.2. The summed E-state index contributed by atoms with van der Waals surface area (Å²) in [6.45, 7) is 6.48. The first-order valence-electron chi connectivity index (χ1n) is 7.78. The number of hydrogen-bond acceptors (Lipinski definition) is 5. The molecule has 0 atom stereocenters. The lowest BCUT2D eigenvalue weighted by Crippen LogP contribution is -2.23. The highest BCUT2D eigenvalue weighted by atomic mass is 32.2. The first-order valence-corrected chi connectivity index (χ1v) is 10.0. The Hall–Kier alpha value is -1.77. The second kappa shape index (κ2) is 7.23. The van der Waals surface area contributed by atoms with Gasteiger partial charge in [0, 0.05) is 26.1 Å². The van der Waals surface area contributed by atoms with Gasteiger partial charge in [0.15, 0.2) is 0 Å². The van der Waals surface area contributed by atoms with Crippen LogP contribution in [0.15, 0.2) is 35.4 Å². The van der Waals surface area contributed by atoms with Crippen LogP contribution in [-0.4, -0.2) is 37.7 Å². The molecule has 2 rings (SSSR count). The molecule has 0 saturated carbocycles. The van der Waals surface area contributed by atoms with Gasteiger partial charge in [0.05, 0.1) is 16.1 Å². The highest BCUT2D eigenvalue weighted by Gasteiger charge is 2.20. The molecular weight excluding hydrogens is 358 g/mol. The number of rotatable bonds is 5. The van der Waals surface area contributed by atoms with Crippen LogP contribution < -0.4 is 5.32 Å². The summed E-state index contributed by atoms with van der Waals surface area (Å²) < 4.78 is 25.2. The Kier molecular flexibility index (Phi) is 5.65. The highest BCUT2D eigenvalue weighted by molar-refractivity contribution is 7.89. The number of thiazole rings is 1. The minimum absolute atomic E-state index is 0.0864. The van der Waals surface area contributed by atoms with Gasteiger partial charge in [-0.25, -0.2) is 17.7 Å². The molecule has 0 unspecified atom stereocenters. The van der Waals surface area contributed by atoms with Crippen LogP contribution in [0.5, 0.6) is 0 Å². The lowest BCUT2D eigenvalue weighted by Gasteiger charge is -2.13. The van der Waals surface area contributed by atoms with E-state index in [9.17, 15) is 13.2 Å². The van der Waals surface area contributed by atoms with Crippen LogP contribution in [0.4, 0.5) is 0 Å². The quantitative estimate of drug-likeness (QED) is 0.863. The number of carbonyl (C=O) groups is 1. The van der Waals surface area contributed by atoms with Crippen LogP contribution in [0, 0.1) is 0 Å². The topological polar surface area (TPSA) is 79.4 Å². The zero-order chi connectivity index (χ0) is 18.8. The molecule has 0 aliphatic carbocycles. The van der Waals surface area contributed by atoms with Crippen LogP contribution in [-0.2, 0) is 22.0 Å². The molecule has 0 spiro atoms. The molecule has 1 amide bonds. The second-order valence-electron chi connectivity index (χ2n) is 6.89. The fourth-order valence-corrected chi connectivity index (χ4v) is 3.78. The lowest BCUT2D eigenvalue weighted by atomic mass is 9.98. The van der Waals surface area contributed by atoms with Crippen molar-refractivity contribution in [2.24, 2.45) is 0 Å². The third kappa shape index (κ3) is 4.65. The molecule has 136 valence electrons. The normalized spacial score (nSPS) is 12.4. The molecule has 0 aliphatic heterocycles. The summed E-state index contributed by atoms with van der Waals surface area (Å²) in [6, 6.07) is 6.48. The van der Waals surface area contributed by atoms with E-state index in [4.69, 9.17) is 0 Å². The second-order valence-corrected chi connectivity index (χ2v) is 10.1. The van der Waals surface area contributed by atoms with Crippen LogP contribution >= 0.6 is 11.3 Å². The molecule has 0 bridgehead atoms. The summed E-state index contributed by atoms with van der Waals surface area (Å²) in [5.41, 5.74) is 0.739. The van der Waals surface area contributed by atoms with Crippen molar-refractivity contribution in [2.75, 3.05) is 14.1 Å². The van der Waals surface area contributed by atoms with Gasteiger partial charge in [0.2, 0.25) is 10.0 Å². The van der Waals surface area contributed by atoms with Crippen molar-refractivity contribution in [3.05, 3.63) is 45.9 Å². The van der Waals surface area contributed by atoms with Crippen molar-refractivity contribution >= 4 is 27.3 Å². The zero-order valence-electron chi connectivity index (χ0n) is 15.0. The molecule has 1 heterocycles. The maximum Gasteiger partial charge on any atom is 0.263 e. The Bertz CT molecular complexity index is 848. The predicted octanol–water partition coefficient (Wildman–Crippen LogP) is 2.62. The van der Waals surface area contributed by atoms with Gasteiger partial charge >= 0.3 is 0 Å². The molecule has 0 radical (unpaired) electrons. The molecule has 2 aromatic rings. The van der Waals surface area contributed by atoms with Gasteiger partial charge in [0.1, 0.15) is 4.88 Å². The molecule has 1 N–H and O–H groups in total. The molecule has 1 aromatic carbocycles. The Morgan fingerprint density at radius 3 is 2.28 bits per heavy atom. The van der Waals surface area contributed by atoms with Gasteiger partial charge in [-0.3, -0.25) is 4.79 Å². The van der Waals surface area contributed by atoms with Gasteiger partial charge in [0.25, 0.3) is 5.91 Å². The molecular formula is C17H23N3O3S2. The fraction of sp³-hybridized carbons (Fsp3) is 0.412. The largest absolute Gasteiger partial charge is 0.347 e. The molecule has 1 aromatic heterocycles. The average Bonchev–Trinajstić information content (AvgIpc) is 3.03. The van der Waals surface area contributed by atoms with E-state index in [2.05, 4.69) is 31.1 Å². The third-order valence-corrected chi connectivity index (χ3v) is 6.78. The Morgan fingerprint density at radius 1 is 1.20 bits per heavy atom.